The van der Waals surface area contributed by atoms with E-state index in [0.29, 0.717) is 17.8 Å². The molecule has 1 fully saturated rings. The molecule has 8 nitrogen and oxygen atoms in total. The second-order valence-corrected chi connectivity index (χ2v) is 11.3. The smallest absolute Gasteiger partial charge is 0.416 e. The fourth-order valence-corrected chi connectivity index (χ4v) is 5.66. The van der Waals surface area contributed by atoms with Crippen molar-refractivity contribution in [3.63, 3.8) is 0 Å². The molecule has 0 unspecified atom stereocenters. The first-order valence-corrected chi connectivity index (χ1v) is 14.2. The lowest BCUT2D eigenvalue weighted by molar-refractivity contribution is -0.143. The summed E-state index contributed by atoms with van der Waals surface area (Å²) in [6.45, 7) is -0.119. The molecule has 0 atom stereocenters. The van der Waals surface area contributed by atoms with Gasteiger partial charge >= 0.3 is 18.3 Å². The van der Waals surface area contributed by atoms with Crippen LogP contribution in [0.2, 0.25) is 0 Å². The highest BCUT2D eigenvalue weighted by molar-refractivity contribution is 8.26. The Morgan fingerprint density at radius 1 is 0.935 bits per heavy atom. The Balaban J connectivity index is 1.62. The number of carboxylic acid groups (broad SMARTS) is 1. The predicted molar refractivity (Wildman–Crippen MR) is 162 cm³/mol. The van der Waals surface area contributed by atoms with Gasteiger partial charge in [-0.1, -0.05) is 24.0 Å². The van der Waals surface area contributed by atoms with Gasteiger partial charge in [0.2, 0.25) is 5.91 Å². The molecular formula is C30H22F6N2O6S2. The zero-order chi connectivity index (χ0) is 34.0. The molecular weight excluding hydrogens is 662 g/mol. The number of nitrogens with zero attached hydrogens (tertiary/aromatic N) is 1. The van der Waals surface area contributed by atoms with Gasteiger partial charge in [-0.15, -0.1) is 0 Å². The van der Waals surface area contributed by atoms with Gasteiger partial charge in [-0.25, -0.2) is 4.79 Å². The van der Waals surface area contributed by atoms with Crippen LogP contribution in [-0.4, -0.2) is 52.9 Å². The lowest BCUT2D eigenvalue weighted by atomic mass is 9.96. The second kappa shape index (κ2) is 13.4. The zero-order valence-electron chi connectivity index (χ0n) is 23.7. The zero-order valence-corrected chi connectivity index (χ0v) is 25.3. The van der Waals surface area contributed by atoms with E-state index in [4.69, 9.17) is 26.8 Å². The van der Waals surface area contributed by atoms with Gasteiger partial charge in [0.05, 0.1) is 35.8 Å². The Kier molecular flexibility index (Phi) is 10.0. The van der Waals surface area contributed by atoms with Crippen molar-refractivity contribution in [3.05, 3.63) is 81.8 Å². The Morgan fingerprint density at radius 3 is 2.04 bits per heavy atom. The van der Waals surface area contributed by atoms with Gasteiger partial charge in [0.25, 0.3) is 5.91 Å². The largest absolute Gasteiger partial charge is 0.493 e. The van der Waals surface area contributed by atoms with E-state index in [2.05, 4.69) is 5.32 Å². The molecule has 3 aromatic carbocycles. The third-order valence-corrected chi connectivity index (χ3v) is 7.94. The number of hydrogen-bond donors (Lipinski definition) is 2. The van der Waals surface area contributed by atoms with Crippen molar-refractivity contribution < 1.29 is 55.3 Å². The van der Waals surface area contributed by atoms with Gasteiger partial charge in [0, 0.05) is 24.2 Å². The number of nitrogens with one attached hydrogen (secondary N) is 1. The van der Waals surface area contributed by atoms with E-state index in [1.54, 1.807) is 0 Å². The number of rotatable bonds is 9. The number of anilines is 1. The Hall–Kier alpha value is -4.57. The van der Waals surface area contributed by atoms with Crippen LogP contribution in [0.15, 0.2) is 59.5 Å². The molecule has 1 heterocycles. The maximum atomic E-state index is 13.5. The minimum Gasteiger partial charge on any atom is -0.493 e. The van der Waals surface area contributed by atoms with E-state index < -0.39 is 46.8 Å². The normalized spacial score (nSPS) is 14.5. The van der Waals surface area contributed by atoms with E-state index in [9.17, 15) is 40.7 Å². The fraction of sp³-hybridized carbons (Fsp3) is 0.200. The molecule has 2 amide bonds. The standard InChI is InChI=1S/C30H22F6N2O6S2/c1-43-22-12-16(17-10-19(29(31,32)33)14-20(11-17)30(34,35)36)9-18(25(22)44-2)13-23-26(40)38(28(45)46-23)8-7-24(39)37-21-5-3-15(4-6-21)27(41)42/h3-6,9-14H,7-8H2,1-2H3,(H,37,39)(H,41,42)/b23-13-. The van der Waals surface area contributed by atoms with Crippen LogP contribution in [0.25, 0.3) is 17.2 Å². The highest BCUT2D eigenvalue weighted by Crippen LogP contribution is 2.43. The number of alkyl halides is 6. The van der Waals surface area contributed by atoms with Crippen molar-refractivity contribution in [2.45, 2.75) is 18.8 Å². The molecule has 46 heavy (non-hydrogen) atoms. The Bertz CT molecular complexity index is 1710. The highest BCUT2D eigenvalue weighted by atomic mass is 32.2. The summed E-state index contributed by atoms with van der Waals surface area (Å²) in [5, 5.41) is 11.6. The van der Waals surface area contributed by atoms with Crippen LogP contribution < -0.4 is 14.8 Å². The maximum Gasteiger partial charge on any atom is 0.416 e. The number of carboxylic acids is 1. The van der Waals surface area contributed by atoms with Crippen molar-refractivity contribution in [1.29, 1.82) is 0 Å². The van der Waals surface area contributed by atoms with Crippen LogP contribution in [-0.2, 0) is 21.9 Å². The molecule has 16 heteroatoms. The number of benzene rings is 3. The minimum atomic E-state index is -5.06. The van der Waals surface area contributed by atoms with Crippen LogP contribution in [0.4, 0.5) is 32.0 Å². The number of thiocarbonyl (C=S) groups is 1. The van der Waals surface area contributed by atoms with Crippen LogP contribution in [0.5, 0.6) is 11.5 Å². The first-order chi connectivity index (χ1) is 21.5. The van der Waals surface area contributed by atoms with Gasteiger partial charge in [-0.3, -0.25) is 14.5 Å². The van der Waals surface area contributed by atoms with Crippen molar-refractivity contribution in [1.82, 2.24) is 4.90 Å². The molecule has 0 bridgehead atoms. The minimum absolute atomic E-state index is 0.0197. The highest BCUT2D eigenvalue weighted by Gasteiger charge is 2.37. The molecule has 4 rings (SSSR count). The number of carbonyl (C=O) groups excluding carboxylic acids is 2. The number of ether oxygens (including phenoxy) is 2. The van der Waals surface area contributed by atoms with Crippen LogP contribution in [0.3, 0.4) is 0 Å². The number of amides is 2. The lowest BCUT2D eigenvalue weighted by Gasteiger charge is -2.17. The monoisotopic (exact) mass is 684 g/mol. The summed E-state index contributed by atoms with van der Waals surface area (Å²) in [6, 6.07) is 9.07. The third-order valence-electron chi connectivity index (χ3n) is 6.57. The summed E-state index contributed by atoms with van der Waals surface area (Å²) in [4.78, 5) is 37.9. The number of hydrogen-bond acceptors (Lipinski definition) is 7. The fourth-order valence-electron chi connectivity index (χ4n) is 4.36. The van der Waals surface area contributed by atoms with E-state index in [1.165, 1.54) is 56.7 Å². The third kappa shape index (κ3) is 7.80. The molecule has 0 radical (unpaired) electrons. The number of halogens is 6. The summed E-state index contributed by atoms with van der Waals surface area (Å²) >= 11 is 6.18. The Morgan fingerprint density at radius 2 is 1.52 bits per heavy atom. The SMILES string of the molecule is COc1cc(-c2cc(C(F)(F)F)cc(C(F)(F)F)c2)cc(/C=C2\SC(=S)N(CCC(=O)Nc3ccc(C(=O)O)cc3)C2=O)c1OC. The number of carbonyl (C=O) groups is 3. The molecule has 2 N–H and O–H groups in total. The maximum absolute atomic E-state index is 13.5. The van der Waals surface area contributed by atoms with Gasteiger partial charge < -0.3 is 19.9 Å². The van der Waals surface area contributed by atoms with E-state index in [0.717, 1.165) is 16.7 Å². The molecule has 3 aromatic rings. The average Bonchev–Trinajstić information content (AvgIpc) is 3.25. The molecule has 0 aromatic heterocycles. The number of thioether (sulfide) groups is 1. The van der Waals surface area contributed by atoms with Crippen LogP contribution in [0, 0.1) is 0 Å². The molecule has 242 valence electrons. The summed E-state index contributed by atoms with van der Waals surface area (Å²) in [5.74, 6) is -2.19. The van der Waals surface area contributed by atoms with Crippen LogP contribution in [0.1, 0.15) is 33.5 Å². The molecule has 1 aliphatic heterocycles. The topological polar surface area (TPSA) is 105 Å². The lowest BCUT2D eigenvalue weighted by Crippen LogP contribution is -2.31. The average molecular weight is 685 g/mol. The first-order valence-electron chi connectivity index (χ1n) is 13.0. The molecule has 1 aliphatic rings. The van der Waals surface area contributed by atoms with Crippen LogP contribution >= 0.6 is 24.0 Å². The summed E-state index contributed by atoms with van der Waals surface area (Å²) in [7, 11) is 2.49. The molecule has 1 saturated heterocycles. The van der Waals surface area contributed by atoms with Crippen molar-refractivity contribution in [3.8, 4) is 22.6 Å². The van der Waals surface area contributed by atoms with E-state index in [1.807, 2.05) is 0 Å². The molecule has 0 aliphatic carbocycles. The predicted octanol–water partition coefficient (Wildman–Crippen LogP) is 7.34. The van der Waals surface area contributed by atoms with Crippen molar-refractivity contribution in [2.24, 2.45) is 0 Å². The second-order valence-electron chi connectivity index (χ2n) is 9.61. The van der Waals surface area contributed by atoms with Gasteiger partial charge in [-0.2, -0.15) is 26.3 Å². The quantitative estimate of drug-likeness (QED) is 0.137. The first kappa shape index (κ1) is 34.3. The van der Waals surface area contributed by atoms with E-state index in [-0.39, 0.29) is 56.4 Å². The van der Waals surface area contributed by atoms with E-state index >= 15 is 0 Å². The molecule has 0 saturated carbocycles. The van der Waals surface area contributed by atoms with Crippen molar-refractivity contribution >= 4 is 57.8 Å². The van der Waals surface area contributed by atoms with Gasteiger partial charge in [-0.05, 0) is 71.8 Å². The van der Waals surface area contributed by atoms with Gasteiger partial charge in [0.1, 0.15) is 4.32 Å². The summed E-state index contributed by atoms with van der Waals surface area (Å²) < 4.78 is 91.9. The molecule has 0 spiro atoms. The summed E-state index contributed by atoms with van der Waals surface area (Å²) in [6.07, 6.45) is -8.99. The number of aromatic carboxylic acids is 1. The van der Waals surface area contributed by atoms with Gasteiger partial charge in [0.15, 0.2) is 11.5 Å². The summed E-state index contributed by atoms with van der Waals surface area (Å²) in [5.41, 5.74) is -3.03. The Labute approximate surface area is 267 Å². The van der Waals surface area contributed by atoms with Crippen molar-refractivity contribution in [2.75, 3.05) is 26.1 Å². The number of methoxy groups -OCH3 is 2.